The largest absolute Gasteiger partial charge is 0.497 e. The molecule has 0 aromatic heterocycles. The van der Waals surface area contributed by atoms with Gasteiger partial charge < -0.3 is 19.5 Å². The lowest BCUT2D eigenvalue weighted by molar-refractivity contribution is -0.137. The van der Waals surface area contributed by atoms with E-state index in [0.29, 0.717) is 6.54 Å². The first-order chi connectivity index (χ1) is 17.0. The van der Waals surface area contributed by atoms with Crippen molar-refractivity contribution < 1.29 is 14.6 Å². The van der Waals surface area contributed by atoms with Gasteiger partial charge in [-0.15, -0.1) is 0 Å². The van der Waals surface area contributed by atoms with Crippen molar-refractivity contribution >= 4 is 40.1 Å². The van der Waals surface area contributed by atoms with Gasteiger partial charge in [-0.3, -0.25) is 4.79 Å². The molecule has 0 aliphatic rings. The van der Waals surface area contributed by atoms with Crippen molar-refractivity contribution in [2.24, 2.45) is 0 Å². The molecule has 0 spiro atoms. The molecule has 5 nitrogen and oxygen atoms in total. The summed E-state index contributed by atoms with van der Waals surface area (Å²) in [4.78, 5) is 14.9. The van der Waals surface area contributed by atoms with Crippen LogP contribution in [0.5, 0.6) is 5.75 Å². The predicted molar refractivity (Wildman–Crippen MR) is 145 cm³/mol. The summed E-state index contributed by atoms with van der Waals surface area (Å²) >= 11 is 1.54. The van der Waals surface area contributed by atoms with Crippen molar-refractivity contribution in [2.75, 3.05) is 16.7 Å². The van der Waals surface area contributed by atoms with Crippen LogP contribution in [0.1, 0.15) is 24.5 Å². The van der Waals surface area contributed by atoms with E-state index in [-0.39, 0.29) is 12.5 Å². The summed E-state index contributed by atoms with van der Waals surface area (Å²) in [5.41, 5.74) is 4.41. The van der Waals surface area contributed by atoms with Crippen LogP contribution in [-0.2, 0) is 11.3 Å². The highest BCUT2D eigenvalue weighted by Gasteiger charge is 2.21. The number of fused-ring (bicyclic) bond motifs is 1. The number of nitrogens with zero attached hydrogens (tertiary/aromatic N) is 1. The number of hydrogen-bond acceptors (Lipinski definition) is 5. The van der Waals surface area contributed by atoms with E-state index in [9.17, 15) is 9.90 Å². The Morgan fingerprint density at radius 1 is 0.971 bits per heavy atom. The third-order valence-electron chi connectivity index (χ3n) is 6.15. The lowest BCUT2D eigenvalue weighted by atomic mass is 10.0. The van der Waals surface area contributed by atoms with Gasteiger partial charge in [-0.05, 0) is 73.3 Å². The van der Waals surface area contributed by atoms with E-state index < -0.39 is 5.97 Å². The fourth-order valence-electron chi connectivity index (χ4n) is 4.19. The molecule has 1 atom stereocenters. The van der Waals surface area contributed by atoms with Gasteiger partial charge in [-0.1, -0.05) is 48.5 Å². The Balaban J connectivity index is 1.69. The third-order valence-corrected chi connectivity index (χ3v) is 6.98. The summed E-state index contributed by atoms with van der Waals surface area (Å²) < 4.78 is 8.74. The topological polar surface area (TPSA) is 61.8 Å². The number of methoxy groups -OCH3 is 1. The maximum Gasteiger partial charge on any atom is 0.305 e. The average Bonchev–Trinajstić information content (AvgIpc) is 2.87. The summed E-state index contributed by atoms with van der Waals surface area (Å²) in [6.07, 6.45) is 0.0630. The Bertz CT molecular complexity index is 1310. The van der Waals surface area contributed by atoms with E-state index in [1.807, 2.05) is 55.5 Å². The van der Waals surface area contributed by atoms with Crippen molar-refractivity contribution in [1.82, 2.24) is 0 Å². The molecule has 0 aliphatic carbocycles. The molecule has 0 heterocycles. The molecular formula is C29H30N2O3S. The van der Waals surface area contributed by atoms with E-state index in [1.54, 1.807) is 19.1 Å². The molecule has 180 valence electrons. The first-order valence-electron chi connectivity index (χ1n) is 11.6. The summed E-state index contributed by atoms with van der Waals surface area (Å²) in [6, 6.07) is 28.4. The highest BCUT2D eigenvalue weighted by Crippen LogP contribution is 2.36. The van der Waals surface area contributed by atoms with Crippen molar-refractivity contribution in [3.8, 4) is 5.75 Å². The molecule has 4 aromatic carbocycles. The van der Waals surface area contributed by atoms with Crippen LogP contribution in [0, 0.1) is 6.92 Å². The van der Waals surface area contributed by atoms with E-state index in [1.165, 1.54) is 11.1 Å². The summed E-state index contributed by atoms with van der Waals surface area (Å²) in [6.45, 7) is 4.71. The Morgan fingerprint density at radius 3 is 2.34 bits per heavy atom. The molecule has 0 amide bonds. The van der Waals surface area contributed by atoms with Crippen LogP contribution >= 0.6 is 11.9 Å². The number of carbonyl (C=O) groups is 1. The molecule has 35 heavy (non-hydrogen) atoms. The van der Waals surface area contributed by atoms with Crippen LogP contribution in [0.15, 0.2) is 89.8 Å². The monoisotopic (exact) mass is 486 g/mol. The number of aryl methyl sites for hydroxylation is 1. The number of ether oxygens (including phenoxy) is 1. The molecule has 0 unspecified atom stereocenters. The summed E-state index contributed by atoms with van der Waals surface area (Å²) in [5, 5.41) is 11.7. The van der Waals surface area contributed by atoms with Gasteiger partial charge in [0, 0.05) is 33.9 Å². The Hall–Kier alpha value is -3.64. The number of carboxylic acid groups (broad SMARTS) is 1. The van der Waals surface area contributed by atoms with E-state index in [4.69, 9.17) is 4.74 Å². The Kier molecular flexibility index (Phi) is 7.83. The van der Waals surface area contributed by atoms with Crippen LogP contribution in [0.3, 0.4) is 0 Å². The highest BCUT2D eigenvalue weighted by molar-refractivity contribution is 8.00. The van der Waals surface area contributed by atoms with Gasteiger partial charge in [-0.25, -0.2) is 0 Å². The number of carboxylic acids is 1. The fourth-order valence-corrected chi connectivity index (χ4v) is 4.87. The van der Waals surface area contributed by atoms with Gasteiger partial charge in [-0.2, -0.15) is 0 Å². The van der Waals surface area contributed by atoms with Crippen LogP contribution in [0.4, 0.5) is 11.4 Å². The fraction of sp³-hybridized carbons (Fsp3) is 0.207. The van der Waals surface area contributed by atoms with Crippen molar-refractivity contribution in [3.63, 3.8) is 0 Å². The Morgan fingerprint density at radius 2 is 1.66 bits per heavy atom. The zero-order chi connectivity index (χ0) is 24.8. The number of rotatable bonds is 10. The first kappa shape index (κ1) is 24.5. The molecule has 0 fully saturated rings. The minimum absolute atomic E-state index is 0.0630. The normalized spacial score (nSPS) is 11.7. The van der Waals surface area contributed by atoms with E-state index in [2.05, 4.69) is 52.9 Å². The second-order valence-electron chi connectivity index (χ2n) is 8.56. The molecule has 0 bridgehead atoms. The smallest absolute Gasteiger partial charge is 0.305 e. The van der Waals surface area contributed by atoms with Gasteiger partial charge >= 0.3 is 5.97 Å². The van der Waals surface area contributed by atoms with E-state index >= 15 is 0 Å². The van der Waals surface area contributed by atoms with Gasteiger partial charge in [0.15, 0.2) is 0 Å². The quantitative estimate of drug-likeness (QED) is 0.232. The second kappa shape index (κ2) is 11.2. The van der Waals surface area contributed by atoms with Crippen LogP contribution in [-0.4, -0.2) is 24.2 Å². The molecule has 6 heteroatoms. The molecule has 2 N–H and O–H groups in total. The third kappa shape index (κ3) is 5.89. The molecule has 4 aromatic rings. The molecular weight excluding hydrogens is 456 g/mol. The average molecular weight is 487 g/mol. The number of aliphatic carboxylic acids is 1. The van der Waals surface area contributed by atoms with Gasteiger partial charge in [0.25, 0.3) is 0 Å². The number of benzene rings is 4. The molecule has 4 rings (SSSR count). The zero-order valence-electron chi connectivity index (χ0n) is 20.2. The van der Waals surface area contributed by atoms with Crippen LogP contribution in [0.25, 0.3) is 10.8 Å². The van der Waals surface area contributed by atoms with Crippen molar-refractivity contribution in [3.05, 3.63) is 96.1 Å². The maximum absolute atomic E-state index is 11.6. The number of anilines is 2. The number of hydrogen-bond donors (Lipinski definition) is 2. The summed E-state index contributed by atoms with van der Waals surface area (Å²) in [7, 11) is 1.66. The SMILES string of the molecule is COc1ccc(SNc2ccc(N(Cc3ccccc3C)[C@@H](C)CC(=O)O)c3ccccc23)cc1. The zero-order valence-corrected chi connectivity index (χ0v) is 21.0. The second-order valence-corrected chi connectivity index (χ2v) is 9.44. The van der Waals surface area contributed by atoms with Crippen molar-refractivity contribution in [2.45, 2.75) is 37.8 Å². The first-order valence-corrected chi connectivity index (χ1v) is 12.4. The lowest BCUT2D eigenvalue weighted by Crippen LogP contribution is -2.34. The summed E-state index contributed by atoms with van der Waals surface area (Å²) in [5.74, 6) is 0.0270. The molecule has 0 radical (unpaired) electrons. The van der Waals surface area contributed by atoms with Crippen molar-refractivity contribution in [1.29, 1.82) is 0 Å². The van der Waals surface area contributed by atoms with E-state index in [0.717, 1.165) is 32.8 Å². The molecule has 0 aliphatic heterocycles. The van der Waals surface area contributed by atoms with Crippen LogP contribution in [0.2, 0.25) is 0 Å². The van der Waals surface area contributed by atoms with Gasteiger partial charge in [0.2, 0.25) is 0 Å². The maximum atomic E-state index is 11.6. The predicted octanol–water partition coefficient (Wildman–Crippen LogP) is 7.15. The lowest BCUT2D eigenvalue weighted by Gasteiger charge is -2.32. The number of nitrogens with one attached hydrogen (secondary N) is 1. The minimum atomic E-state index is -0.800. The standard InChI is InChI=1S/C29H30N2O3S/c1-20-8-4-5-9-22(20)19-31(21(2)18-29(32)33)28-17-16-27(25-10-6-7-11-26(25)28)30-35-24-14-12-23(34-3)13-15-24/h4-17,21,30H,18-19H2,1-3H3,(H,32,33)/t21-/m0/s1. The molecule has 0 saturated heterocycles. The Labute approximate surface area is 210 Å². The minimum Gasteiger partial charge on any atom is -0.497 e. The van der Waals surface area contributed by atoms with Gasteiger partial charge in [0.1, 0.15) is 5.75 Å². The van der Waals surface area contributed by atoms with Gasteiger partial charge in [0.05, 0.1) is 19.2 Å². The molecule has 0 saturated carbocycles. The highest BCUT2D eigenvalue weighted by atomic mass is 32.2. The van der Waals surface area contributed by atoms with Crippen LogP contribution < -0.4 is 14.4 Å².